The maximum atomic E-state index is 12.0. The highest BCUT2D eigenvalue weighted by atomic mass is 16.4. The van der Waals surface area contributed by atoms with Gasteiger partial charge in [-0.1, -0.05) is 0 Å². The fourth-order valence-corrected chi connectivity index (χ4v) is 2.02. The molecule has 16 heavy (non-hydrogen) atoms. The molecule has 1 N–H and O–H groups in total. The zero-order valence-electron chi connectivity index (χ0n) is 9.98. The van der Waals surface area contributed by atoms with Gasteiger partial charge in [-0.2, -0.15) is 0 Å². The first-order valence-electron chi connectivity index (χ1n) is 5.79. The number of carbonyl (C=O) groups excluding carboxylic acids is 1. The van der Waals surface area contributed by atoms with E-state index in [0.717, 1.165) is 19.3 Å². The van der Waals surface area contributed by atoms with Crippen molar-refractivity contribution in [2.45, 2.75) is 38.6 Å². The number of hydrogen-bond acceptors (Lipinski definition) is 2. The fourth-order valence-electron chi connectivity index (χ4n) is 2.02. The molecule has 5 nitrogen and oxygen atoms in total. The van der Waals surface area contributed by atoms with Gasteiger partial charge in [0.2, 0.25) is 0 Å². The number of rotatable bonds is 3. The fraction of sp³-hybridized carbons (Fsp3) is 0.818. The van der Waals surface area contributed by atoms with Crippen molar-refractivity contribution in [1.82, 2.24) is 9.80 Å². The lowest BCUT2D eigenvalue weighted by Gasteiger charge is -2.37. The molecular weight excluding hydrogens is 208 g/mol. The largest absolute Gasteiger partial charge is 0.481 e. The van der Waals surface area contributed by atoms with E-state index in [1.54, 1.807) is 16.8 Å². The molecular formula is C11H20N2O3. The zero-order chi connectivity index (χ0) is 12.1. The van der Waals surface area contributed by atoms with E-state index in [0.29, 0.717) is 13.1 Å². The third-order valence-electron chi connectivity index (χ3n) is 3.08. The van der Waals surface area contributed by atoms with E-state index in [1.807, 2.05) is 6.92 Å². The molecule has 5 heteroatoms. The van der Waals surface area contributed by atoms with Gasteiger partial charge < -0.3 is 14.9 Å². The molecule has 1 rings (SSSR count). The lowest BCUT2D eigenvalue weighted by molar-refractivity contribution is -0.138. The summed E-state index contributed by atoms with van der Waals surface area (Å²) in [5.41, 5.74) is 0. The summed E-state index contributed by atoms with van der Waals surface area (Å²) in [7, 11) is 1.74. The van der Waals surface area contributed by atoms with E-state index < -0.39 is 5.97 Å². The molecule has 0 aliphatic carbocycles. The molecule has 0 bridgehead atoms. The maximum Gasteiger partial charge on any atom is 0.319 e. The number of likely N-dealkylation sites (tertiary alicyclic amines) is 1. The standard InChI is InChI=1S/C11H20N2O3/c1-3-12(2)11(16)13-7-5-4-6-9(13)8-10(14)15/h9H,3-8H2,1-2H3,(H,14,15). The molecule has 1 aliphatic rings. The van der Waals surface area contributed by atoms with E-state index in [1.165, 1.54) is 0 Å². The van der Waals surface area contributed by atoms with Gasteiger partial charge in [0.1, 0.15) is 0 Å². The molecule has 1 heterocycles. The summed E-state index contributed by atoms with van der Waals surface area (Å²) in [6.07, 6.45) is 2.84. The van der Waals surface area contributed by atoms with Crippen molar-refractivity contribution in [2.24, 2.45) is 0 Å². The Kier molecular flexibility index (Phi) is 4.58. The van der Waals surface area contributed by atoms with Gasteiger partial charge in [-0.3, -0.25) is 4.79 Å². The van der Waals surface area contributed by atoms with Crippen molar-refractivity contribution in [1.29, 1.82) is 0 Å². The molecule has 92 valence electrons. The summed E-state index contributed by atoms with van der Waals surface area (Å²) in [5, 5.41) is 8.81. The number of nitrogens with zero attached hydrogens (tertiary/aromatic N) is 2. The number of piperidine rings is 1. The van der Waals surface area contributed by atoms with Gasteiger partial charge in [0.05, 0.1) is 6.42 Å². The minimum absolute atomic E-state index is 0.0477. The van der Waals surface area contributed by atoms with Crippen LogP contribution in [0.25, 0.3) is 0 Å². The average molecular weight is 228 g/mol. The number of carboxylic acids is 1. The maximum absolute atomic E-state index is 12.0. The normalized spacial score (nSPS) is 20.6. The Bertz CT molecular complexity index is 268. The summed E-state index contributed by atoms with van der Waals surface area (Å²) in [6, 6.07) is -0.179. The number of amides is 2. The second-order valence-electron chi connectivity index (χ2n) is 4.24. The smallest absolute Gasteiger partial charge is 0.319 e. The quantitative estimate of drug-likeness (QED) is 0.794. The topological polar surface area (TPSA) is 60.9 Å². The SMILES string of the molecule is CCN(C)C(=O)N1CCCCC1CC(=O)O. The first-order valence-corrected chi connectivity index (χ1v) is 5.79. The highest BCUT2D eigenvalue weighted by Crippen LogP contribution is 2.20. The molecule has 1 fully saturated rings. The van der Waals surface area contributed by atoms with Gasteiger partial charge in [0.25, 0.3) is 0 Å². The van der Waals surface area contributed by atoms with Gasteiger partial charge in [0, 0.05) is 26.2 Å². The lowest BCUT2D eigenvalue weighted by Crippen LogP contribution is -2.49. The van der Waals surface area contributed by atoms with Crippen LogP contribution in [-0.4, -0.2) is 53.1 Å². The van der Waals surface area contributed by atoms with Crippen LogP contribution in [0.2, 0.25) is 0 Å². The molecule has 1 atom stereocenters. The summed E-state index contributed by atoms with van der Waals surface area (Å²) >= 11 is 0. The van der Waals surface area contributed by atoms with E-state index in [-0.39, 0.29) is 18.5 Å². The van der Waals surface area contributed by atoms with E-state index in [9.17, 15) is 9.59 Å². The van der Waals surface area contributed by atoms with Crippen LogP contribution in [0.3, 0.4) is 0 Å². The lowest BCUT2D eigenvalue weighted by atomic mass is 10.00. The molecule has 1 saturated heterocycles. The van der Waals surface area contributed by atoms with Crippen LogP contribution in [0.4, 0.5) is 4.79 Å². The Balaban J connectivity index is 2.65. The Morgan fingerprint density at radius 3 is 2.69 bits per heavy atom. The van der Waals surface area contributed by atoms with Gasteiger partial charge in [-0.25, -0.2) is 4.79 Å². The highest BCUT2D eigenvalue weighted by Gasteiger charge is 2.29. The van der Waals surface area contributed by atoms with Crippen LogP contribution in [0.5, 0.6) is 0 Å². The van der Waals surface area contributed by atoms with Crippen LogP contribution in [-0.2, 0) is 4.79 Å². The number of carbonyl (C=O) groups is 2. The molecule has 0 aromatic heterocycles. The Hall–Kier alpha value is -1.26. The first kappa shape index (κ1) is 12.8. The van der Waals surface area contributed by atoms with Gasteiger partial charge in [-0.05, 0) is 26.2 Å². The predicted octanol–water partition coefficient (Wildman–Crippen LogP) is 1.39. The minimum Gasteiger partial charge on any atom is -0.481 e. The Labute approximate surface area is 96.0 Å². The van der Waals surface area contributed by atoms with Crippen LogP contribution >= 0.6 is 0 Å². The van der Waals surface area contributed by atoms with Gasteiger partial charge in [-0.15, -0.1) is 0 Å². The van der Waals surface area contributed by atoms with E-state index in [2.05, 4.69) is 0 Å². The van der Waals surface area contributed by atoms with Crippen LogP contribution in [0.1, 0.15) is 32.6 Å². The third-order valence-corrected chi connectivity index (χ3v) is 3.08. The minimum atomic E-state index is -0.830. The first-order chi connectivity index (χ1) is 7.56. The molecule has 0 aromatic rings. The summed E-state index contributed by atoms with van der Waals surface area (Å²) in [4.78, 5) is 26.0. The second kappa shape index (κ2) is 5.72. The molecule has 1 unspecified atom stereocenters. The molecule has 2 amide bonds. The third kappa shape index (κ3) is 3.12. The summed E-state index contributed by atoms with van der Waals surface area (Å²) in [5.74, 6) is -0.830. The summed E-state index contributed by atoms with van der Waals surface area (Å²) < 4.78 is 0. The van der Waals surface area contributed by atoms with E-state index >= 15 is 0 Å². The average Bonchev–Trinajstić information content (AvgIpc) is 2.27. The molecule has 0 aromatic carbocycles. The van der Waals surface area contributed by atoms with Gasteiger partial charge in [0.15, 0.2) is 0 Å². The Morgan fingerprint density at radius 1 is 1.44 bits per heavy atom. The number of aliphatic carboxylic acids is 1. The number of urea groups is 1. The Morgan fingerprint density at radius 2 is 2.12 bits per heavy atom. The van der Waals surface area contributed by atoms with E-state index in [4.69, 9.17) is 5.11 Å². The molecule has 0 saturated carbocycles. The number of carboxylic acid groups (broad SMARTS) is 1. The molecule has 0 spiro atoms. The van der Waals surface area contributed by atoms with Crippen molar-refractivity contribution in [3.8, 4) is 0 Å². The van der Waals surface area contributed by atoms with Crippen LogP contribution in [0, 0.1) is 0 Å². The zero-order valence-corrected chi connectivity index (χ0v) is 9.98. The van der Waals surface area contributed by atoms with Crippen molar-refractivity contribution in [2.75, 3.05) is 20.1 Å². The van der Waals surface area contributed by atoms with Gasteiger partial charge >= 0.3 is 12.0 Å². The second-order valence-corrected chi connectivity index (χ2v) is 4.24. The van der Waals surface area contributed by atoms with Crippen molar-refractivity contribution >= 4 is 12.0 Å². The molecule has 1 aliphatic heterocycles. The number of hydrogen-bond donors (Lipinski definition) is 1. The highest BCUT2D eigenvalue weighted by molar-refractivity contribution is 5.76. The molecule has 0 radical (unpaired) electrons. The van der Waals surface area contributed by atoms with Crippen LogP contribution < -0.4 is 0 Å². The predicted molar refractivity (Wildman–Crippen MR) is 60.3 cm³/mol. The monoisotopic (exact) mass is 228 g/mol. The summed E-state index contributed by atoms with van der Waals surface area (Å²) in [6.45, 7) is 3.24. The van der Waals surface area contributed by atoms with Crippen LogP contribution in [0.15, 0.2) is 0 Å². The van der Waals surface area contributed by atoms with Crippen molar-refractivity contribution in [3.05, 3.63) is 0 Å². The van der Waals surface area contributed by atoms with Crippen molar-refractivity contribution < 1.29 is 14.7 Å². The van der Waals surface area contributed by atoms with Crippen molar-refractivity contribution in [3.63, 3.8) is 0 Å².